The molecule has 3 N–H and O–H groups in total. The molecule has 3 nitrogen and oxygen atoms in total. The van der Waals surface area contributed by atoms with E-state index in [2.05, 4.69) is 15.9 Å². The summed E-state index contributed by atoms with van der Waals surface area (Å²) in [7, 11) is 0. The van der Waals surface area contributed by atoms with E-state index < -0.39 is 12.0 Å². The maximum atomic E-state index is 10.5. The quantitative estimate of drug-likeness (QED) is 0.840. The molecular weight excluding hydrogens is 231 g/mol. The molecule has 0 unspecified atom stereocenters. The van der Waals surface area contributed by atoms with Crippen molar-refractivity contribution in [3.63, 3.8) is 0 Å². The van der Waals surface area contributed by atoms with Crippen LogP contribution in [-0.2, 0) is 11.2 Å². The summed E-state index contributed by atoms with van der Waals surface area (Å²) in [5.74, 6) is -0.976. The summed E-state index contributed by atoms with van der Waals surface area (Å²) in [6.45, 7) is 0. The lowest BCUT2D eigenvalue weighted by Gasteiger charge is -2.07. The minimum atomic E-state index is -0.976. The highest BCUT2D eigenvalue weighted by atomic mass is 76.9. The number of carbonyl (C=O) groups is 1. The first-order valence-corrected chi connectivity index (χ1v) is 4.62. The summed E-state index contributed by atoms with van der Waals surface area (Å²) in [6, 6.07) is 6.62. The molecule has 0 aliphatic rings. The van der Waals surface area contributed by atoms with Crippen LogP contribution in [0.25, 0.3) is 0 Å². The highest BCUT2D eigenvalue weighted by Gasteiger charge is 2.12. The van der Waals surface area contributed by atoms with Gasteiger partial charge in [0.15, 0.2) is 0 Å². The number of hydrogen-bond donors (Lipinski definition) is 2. The van der Waals surface area contributed by atoms with E-state index in [-0.39, 0.29) is 0 Å². The van der Waals surface area contributed by atoms with Gasteiger partial charge < -0.3 is 10.8 Å². The van der Waals surface area contributed by atoms with Crippen molar-refractivity contribution in [3.05, 3.63) is 34.3 Å². The second-order valence-corrected chi connectivity index (χ2v) is 3.59. The van der Waals surface area contributed by atoms with Crippen LogP contribution in [0.3, 0.4) is 0 Å². The first-order valence-electron chi connectivity index (χ1n) is 3.83. The monoisotopic (exact) mass is 241 g/mol. The molecule has 4 heteroatoms. The number of halogens is 1. The van der Waals surface area contributed by atoms with E-state index in [0.717, 1.165) is 10.0 Å². The van der Waals surface area contributed by atoms with Gasteiger partial charge in [-0.2, -0.15) is 0 Å². The Morgan fingerprint density at radius 1 is 1.54 bits per heavy atom. The van der Waals surface area contributed by atoms with Crippen LogP contribution in [0, 0.1) is 0 Å². The molecule has 0 saturated carbocycles. The summed E-state index contributed by atoms with van der Waals surface area (Å²) in [5, 5.41) is 8.59. The van der Waals surface area contributed by atoms with E-state index in [0.29, 0.717) is 6.42 Å². The predicted octanol–water partition coefficient (Wildman–Crippen LogP) is 1.40. The largest absolute Gasteiger partial charge is 0.480 e. The van der Waals surface area contributed by atoms with Gasteiger partial charge in [0.25, 0.3) is 0 Å². The Bertz CT molecular complexity index is 314. The number of aliphatic carboxylic acids is 1. The van der Waals surface area contributed by atoms with Gasteiger partial charge >= 0.3 is 5.97 Å². The van der Waals surface area contributed by atoms with Gasteiger partial charge in [-0.25, -0.2) is 0 Å². The van der Waals surface area contributed by atoms with Gasteiger partial charge in [-0.1, -0.05) is 34.1 Å². The summed E-state index contributed by atoms with van der Waals surface area (Å²) < 4.78 is 0.895. The van der Waals surface area contributed by atoms with Gasteiger partial charge in [0.05, 0.1) is 0 Å². The van der Waals surface area contributed by atoms with Gasteiger partial charge in [-0.15, -0.1) is 0 Å². The van der Waals surface area contributed by atoms with Crippen molar-refractivity contribution in [2.75, 3.05) is 0 Å². The molecule has 0 aromatic heterocycles. The van der Waals surface area contributed by atoms with Crippen LogP contribution < -0.4 is 5.73 Å². The van der Waals surface area contributed by atoms with Crippen LogP contribution in [0.4, 0.5) is 0 Å². The molecule has 0 aliphatic carbocycles. The van der Waals surface area contributed by atoms with Crippen molar-refractivity contribution in [3.8, 4) is 0 Å². The third-order valence-corrected chi connectivity index (χ3v) is 2.49. The smallest absolute Gasteiger partial charge is 0.320 e. The molecule has 0 radical (unpaired) electrons. The zero-order valence-electron chi connectivity index (χ0n) is 6.90. The third-order valence-electron chi connectivity index (χ3n) is 1.71. The molecule has 1 aromatic rings. The second kappa shape index (κ2) is 4.39. The minimum Gasteiger partial charge on any atom is -0.480 e. The Labute approximate surface area is 84.7 Å². The Balaban J connectivity index is 2.74. The molecule has 0 fully saturated rings. The second-order valence-electron chi connectivity index (χ2n) is 2.74. The molecule has 0 spiro atoms. The lowest BCUT2D eigenvalue weighted by Crippen LogP contribution is -2.32. The van der Waals surface area contributed by atoms with Gasteiger partial charge in [0.2, 0.25) is 0 Å². The lowest BCUT2D eigenvalue weighted by molar-refractivity contribution is -0.138. The van der Waals surface area contributed by atoms with Crippen LogP contribution in [0.5, 0.6) is 0 Å². The number of rotatable bonds is 3. The number of carboxylic acids is 1. The van der Waals surface area contributed by atoms with E-state index in [4.69, 9.17) is 10.8 Å². The molecule has 13 heavy (non-hydrogen) atoms. The fourth-order valence-corrected chi connectivity index (χ4v) is 1.43. The van der Waals surface area contributed by atoms with Gasteiger partial charge in [-0.3, -0.25) is 4.79 Å². The summed E-state index contributed by atoms with van der Waals surface area (Å²) >= 11 is 3.33. The molecule has 1 aromatic carbocycles. The molecule has 1 atom stereocenters. The van der Waals surface area contributed by atoms with Gasteiger partial charge in [-0.05, 0) is 18.1 Å². The van der Waals surface area contributed by atoms with Crippen molar-refractivity contribution in [1.29, 1.82) is 0 Å². The molecular formula is C9H10BrNO2. The first kappa shape index (κ1) is 10.2. The lowest BCUT2D eigenvalue weighted by atomic mass is 10.1. The van der Waals surface area contributed by atoms with Crippen LogP contribution in [0.1, 0.15) is 5.56 Å². The van der Waals surface area contributed by atoms with Crippen molar-refractivity contribution in [2.24, 2.45) is 5.73 Å². The zero-order valence-corrected chi connectivity index (χ0v) is 8.49. The number of nitrogens with two attached hydrogens (primary N) is 1. The number of benzene rings is 1. The standard InChI is InChI=1S/C9H10BrNO2/c10-7-4-2-1-3-6(7)5-8(11)9(12)13/h1-4,8H,5,11H2,(H,12,13)/t8-/m1/s1/i10-3. The Kier molecular flexibility index (Phi) is 3.45. The fraction of sp³-hybridized carbons (Fsp3) is 0.222. The molecule has 0 bridgehead atoms. The van der Waals surface area contributed by atoms with E-state index in [1.165, 1.54) is 0 Å². The minimum absolute atomic E-state index is 0.344. The topological polar surface area (TPSA) is 63.3 Å². The maximum Gasteiger partial charge on any atom is 0.320 e. The molecule has 1 rings (SSSR count). The Morgan fingerprint density at radius 2 is 2.15 bits per heavy atom. The van der Waals surface area contributed by atoms with Crippen molar-refractivity contribution < 1.29 is 9.90 Å². The van der Waals surface area contributed by atoms with Crippen LogP contribution in [-0.4, -0.2) is 17.1 Å². The van der Waals surface area contributed by atoms with Crippen molar-refractivity contribution in [1.82, 2.24) is 0 Å². The van der Waals surface area contributed by atoms with Crippen molar-refractivity contribution >= 4 is 21.9 Å². The Morgan fingerprint density at radius 3 is 2.69 bits per heavy atom. The normalized spacial score (nSPS) is 12.5. The van der Waals surface area contributed by atoms with Gasteiger partial charge in [0.1, 0.15) is 6.04 Å². The average Bonchev–Trinajstić information content (AvgIpc) is 2.08. The summed E-state index contributed by atoms with van der Waals surface area (Å²) in [4.78, 5) is 10.5. The average molecular weight is 241 g/mol. The SMILES string of the molecule is N[C@H](Cc1ccccc1[77Br])C(=O)O. The first-order chi connectivity index (χ1) is 6.11. The molecule has 0 aliphatic heterocycles. The van der Waals surface area contributed by atoms with E-state index in [1.54, 1.807) is 0 Å². The van der Waals surface area contributed by atoms with Crippen LogP contribution >= 0.6 is 15.9 Å². The molecule has 0 saturated heterocycles. The predicted molar refractivity (Wildman–Crippen MR) is 53.5 cm³/mol. The van der Waals surface area contributed by atoms with E-state index in [9.17, 15) is 4.79 Å². The van der Waals surface area contributed by atoms with Gasteiger partial charge in [0, 0.05) is 4.47 Å². The van der Waals surface area contributed by atoms with E-state index in [1.807, 2.05) is 24.3 Å². The highest BCUT2D eigenvalue weighted by molar-refractivity contribution is 9.10. The third kappa shape index (κ3) is 2.82. The number of carboxylic acid groups (broad SMARTS) is 1. The number of hydrogen-bond acceptors (Lipinski definition) is 2. The Hall–Kier alpha value is -0.870. The fourth-order valence-electron chi connectivity index (χ4n) is 0.988. The molecule has 70 valence electrons. The summed E-state index contributed by atoms with van der Waals surface area (Å²) in [6.07, 6.45) is 0.344. The zero-order chi connectivity index (χ0) is 9.84. The molecule has 0 heterocycles. The van der Waals surface area contributed by atoms with Crippen LogP contribution in [0.2, 0.25) is 0 Å². The summed E-state index contributed by atoms with van der Waals surface area (Å²) in [5.41, 5.74) is 6.31. The molecule has 0 amide bonds. The van der Waals surface area contributed by atoms with Crippen LogP contribution in [0.15, 0.2) is 28.7 Å². The maximum absolute atomic E-state index is 10.5. The van der Waals surface area contributed by atoms with E-state index >= 15 is 0 Å². The highest BCUT2D eigenvalue weighted by Crippen LogP contribution is 2.16. The van der Waals surface area contributed by atoms with Crippen molar-refractivity contribution in [2.45, 2.75) is 12.5 Å².